The molecule has 0 saturated carbocycles. The SMILES string of the molecule is CC[C@H](C)[C@H](NC(=O)[C@@H](C)NC(=O)OCc1ccccc1)C(=O)O. The van der Waals surface area contributed by atoms with Crippen LogP contribution >= 0.6 is 0 Å². The Kier molecular flexibility index (Phi) is 7.74. The van der Waals surface area contributed by atoms with Crippen molar-refractivity contribution in [3.63, 3.8) is 0 Å². The zero-order valence-corrected chi connectivity index (χ0v) is 14.1. The molecule has 1 aromatic carbocycles. The van der Waals surface area contributed by atoms with Crippen LogP contribution in [0.25, 0.3) is 0 Å². The fraction of sp³-hybridized carbons (Fsp3) is 0.471. The van der Waals surface area contributed by atoms with Crippen molar-refractivity contribution in [3.05, 3.63) is 35.9 Å². The molecule has 0 aromatic heterocycles. The van der Waals surface area contributed by atoms with E-state index in [1.807, 2.05) is 37.3 Å². The van der Waals surface area contributed by atoms with Gasteiger partial charge in [0.2, 0.25) is 5.91 Å². The summed E-state index contributed by atoms with van der Waals surface area (Å²) in [5.74, 6) is -1.89. The maximum atomic E-state index is 12.0. The van der Waals surface area contributed by atoms with Crippen molar-refractivity contribution in [2.24, 2.45) is 5.92 Å². The molecular formula is C17H24N2O5. The van der Waals surface area contributed by atoms with Gasteiger partial charge in [0.15, 0.2) is 0 Å². The summed E-state index contributed by atoms with van der Waals surface area (Å²) in [7, 11) is 0. The van der Waals surface area contributed by atoms with Crippen molar-refractivity contribution in [1.82, 2.24) is 10.6 Å². The molecule has 24 heavy (non-hydrogen) atoms. The third-order valence-electron chi connectivity index (χ3n) is 3.72. The van der Waals surface area contributed by atoms with E-state index >= 15 is 0 Å². The third kappa shape index (κ3) is 6.28. The Morgan fingerprint density at radius 3 is 2.29 bits per heavy atom. The number of hydrogen-bond acceptors (Lipinski definition) is 4. The molecular weight excluding hydrogens is 312 g/mol. The second kappa shape index (κ2) is 9.54. The van der Waals surface area contributed by atoms with E-state index in [9.17, 15) is 19.5 Å². The van der Waals surface area contributed by atoms with Crippen LogP contribution in [-0.4, -0.2) is 35.2 Å². The van der Waals surface area contributed by atoms with E-state index in [0.29, 0.717) is 6.42 Å². The quantitative estimate of drug-likeness (QED) is 0.673. The van der Waals surface area contributed by atoms with E-state index in [0.717, 1.165) is 5.56 Å². The molecule has 1 rings (SSSR count). The number of carbonyl (C=O) groups is 3. The van der Waals surface area contributed by atoms with Crippen molar-refractivity contribution >= 4 is 18.0 Å². The number of aliphatic carboxylic acids is 1. The number of carbonyl (C=O) groups excluding carboxylic acids is 2. The van der Waals surface area contributed by atoms with Gasteiger partial charge in [0.25, 0.3) is 0 Å². The van der Waals surface area contributed by atoms with E-state index in [2.05, 4.69) is 10.6 Å². The molecule has 0 bridgehead atoms. The fourth-order valence-electron chi connectivity index (χ4n) is 1.97. The van der Waals surface area contributed by atoms with Crippen LogP contribution < -0.4 is 10.6 Å². The first-order valence-corrected chi connectivity index (χ1v) is 7.85. The maximum Gasteiger partial charge on any atom is 0.408 e. The lowest BCUT2D eigenvalue weighted by molar-refractivity contribution is -0.143. The molecule has 0 aliphatic carbocycles. The summed E-state index contributed by atoms with van der Waals surface area (Å²) in [6.07, 6.45) is -0.130. The van der Waals surface area contributed by atoms with Gasteiger partial charge in [-0.3, -0.25) is 4.79 Å². The van der Waals surface area contributed by atoms with Gasteiger partial charge in [0.05, 0.1) is 0 Å². The lowest BCUT2D eigenvalue weighted by Gasteiger charge is -2.22. The Labute approximate surface area is 141 Å². The summed E-state index contributed by atoms with van der Waals surface area (Å²) in [5.41, 5.74) is 0.826. The zero-order chi connectivity index (χ0) is 18.1. The van der Waals surface area contributed by atoms with Crippen LogP contribution in [-0.2, 0) is 20.9 Å². The first kappa shape index (κ1) is 19.5. The molecule has 0 aliphatic heterocycles. The molecule has 1 aromatic rings. The van der Waals surface area contributed by atoms with Crippen molar-refractivity contribution in [1.29, 1.82) is 0 Å². The number of carboxylic acid groups (broad SMARTS) is 1. The van der Waals surface area contributed by atoms with E-state index < -0.39 is 30.1 Å². The molecule has 0 radical (unpaired) electrons. The summed E-state index contributed by atoms with van der Waals surface area (Å²) >= 11 is 0. The zero-order valence-electron chi connectivity index (χ0n) is 14.1. The summed E-state index contributed by atoms with van der Waals surface area (Å²) in [5, 5.41) is 14.0. The van der Waals surface area contributed by atoms with E-state index in [1.165, 1.54) is 6.92 Å². The van der Waals surface area contributed by atoms with Gasteiger partial charge in [-0.05, 0) is 18.4 Å². The third-order valence-corrected chi connectivity index (χ3v) is 3.72. The summed E-state index contributed by atoms with van der Waals surface area (Å²) in [4.78, 5) is 35.0. The van der Waals surface area contributed by atoms with Gasteiger partial charge >= 0.3 is 12.1 Å². The molecule has 0 aliphatic rings. The Hall–Kier alpha value is -2.57. The summed E-state index contributed by atoms with van der Waals surface area (Å²) < 4.78 is 5.02. The second-order valence-corrected chi connectivity index (χ2v) is 5.64. The van der Waals surface area contributed by atoms with E-state index in [1.54, 1.807) is 6.92 Å². The number of alkyl carbamates (subject to hydrolysis) is 1. The molecule has 0 heterocycles. The highest BCUT2D eigenvalue weighted by atomic mass is 16.5. The second-order valence-electron chi connectivity index (χ2n) is 5.64. The Morgan fingerprint density at radius 1 is 1.12 bits per heavy atom. The predicted octanol–water partition coefficient (Wildman–Crippen LogP) is 1.92. The Morgan fingerprint density at radius 2 is 1.75 bits per heavy atom. The van der Waals surface area contributed by atoms with Crippen LogP contribution in [0.1, 0.15) is 32.8 Å². The van der Waals surface area contributed by atoms with Crippen LogP contribution in [0.2, 0.25) is 0 Å². The number of ether oxygens (including phenoxy) is 1. The average molecular weight is 336 g/mol. The van der Waals surface area contributed by atoms with E-state index in [-0.39, 0.29) is 12.5 Å². The normalized spacial score (nSPS) is 14.1. The largest absolute Gasteiger partial charge is 0.480 e. The predicted molar refractivity (Wildman–Crippen MR) is 88.2 cm³/mol. The Balaban J connectivity index is 2.47. The monoisotopic (exact) mass is 336 g/mol. The highest BCUT2D eigenvalue weighted by Crippen LogP contribution is 2.08. The molecule has 0 saturated heterocycles. The first-order valence-electron chi connectivity index (χ1n) is 7.85. The Bertz CT molecular complexity index is 561. The minimum atomic E-state index is -1.10. The highest BCUT2D eigenvalue weighted by Gasteiger charge is 2.27. The van der Waals surface area contributed by atoms with Gasteiger partial charge < -0.3 is 20.5 Å². The number of benzene rings is 1. The molecule has 132 valence electrons. The summed E-state index contributed by atoms with van der Waals surface area (Å²) in [6.45, 7) is 5.14. The average Bonchev–Trinajstić information content (AvgIpc) is 2.57. The van der Waals surface area contributed by atoms with Gasteiger partial charge in [-0.15, -0.1) is 0 Å². The van der Waals surface area contributed by atoms with Crippen LogP contribution in [0.15, 0.2) is 30.3 Å². The number of nitrogens with one attached hydrogen (secondary N) is 2. The van der Waals surface area contributed by atoms with Crippen molar-refractivity contribution < 1.29 is 24.2 Å². The smallest absolute Gasteiger partial charge is 0.408 e. The molecule has 3 N–H and O–H groups in total. The molecule has 2 amide bonds. The molecule has 0 unspecified atom stereocenters. The minimum Gasteiger partial charge on any atom is -0.480 e. The van der Waals surface area contributed by atoms with Gasteiger partial charge in [-0.2, -0.15) is 0 Å². The number of amides is 2. The first-order chi connectivity index (χ1) is 11.3. The van der Waals surface area contributed by atoms with Crippen LogP contribution in [0.3, 0.4) is 0 Å². The summed E-state index contributed by atoms with van der Waals surface area (Å²) in [6, 6.07) is 7.24. The minimum absolute atomic E-state index is 0.0889. The van der Waals surface area contributed by atoms with Crippen LogP contribution in [0.4, 0.5) is 4.79 Å². The van der Waals surface area contributed by atoms with Crippen LogP contribution in [0.5, 0.6) is 0 Å². The molecule has 7 heteroatoms. The molecule has 3 atom stereocenters. The van der Waals surface area contributed by atoms with Crippen LogP contribution in [0, 0.1) is 5.92 Å². The van der Waals surface area contributed by atoms with Crippen molar-refractivity contribution in [3.8, 4) is 0 Å². The molecule has 7 nitrogen and oxygen atoms in total. The van der Waals surface area contributed by atoms with Gasteiger partial charge in [-0.1, -0.05) is 50.6 Å². The highest BCUT2D eigenvalue weighted by molar-refractivity contribution is 5.89. The lowest BCUT2D eigenvalue weighted by atomic mass is 9.99. The standard InChI is InChI=1S/C17H24N2O5/c1-4-11(2)14(16(21)22)19-15(20)12(3)18-17(23)24-10-13-8-6-5-7-9-13/h5-9,11-12,14H,4,10H2,1-3H3,(H,18,23)(H,19,20)(H,21,22)/t11-,12+,14-/m0/s1. The van der Waals surface area contributed by atoms with E-state index in [4.69, 9.17) is 4.74 Å². The van der Waals surface area contributed by atoms with Gasteiger partial charge in [0, 0.05) is 0 Å². The maximum absolute atomic E-state index is 12.0. The van der Waals surface area contributed by atoms with Gasteiger partial charge in [0.1, 0.15) is 18.7 Å². The topological polar surface area (TPSA) is 105 Å². The molecule has 0 spiro atoms. The lowest BCUT2D eigenvalue weighted by Crippen LogP contribution is -2.52. The number of hydrogen-bond donors (Lipinski definition) is 3. The number of carboxylic acids is 1. The number of rotatable bonds is 8. The van der Waals surface area contributed by atoms with Crippen molar-refractivity contribution in [2.75, 3.05) is 0 Å². The van der Waals surface area contributed by atoms with Crippen molar-refractivity contribution in [2.45, 2.75) is 45.9 Å². The molecule has 0 fully saturated rings. The fourth-order valence-corrected chi connectivity index (χ4v) is 1.97. The van der Waals surface area contributed by atoms with Gasteiger partial charge in [-0.25, -0.2) is 9.59 Å².